The highest BCUT2D eigenvalue weighted by molar-refractivity contribution is 5.57. The largest absolute Gasteiger partial charge is 0.439 e. The van der Waals surface area contributed by atoms with Crippen LogP contribution in [0.3, 0.4) is 0 Å². The molecule has 102 valence electrons. The van der Waals surface area contributed by atoms with Gasteiger partial charge in [0.05, 0.1) is 18.3 Å². The maximum absolute atomic E-state index is 13.6. The highest BCUT2D eigenvalue weighted by Gasteiger charge is 2.14. The molecule has 2 aromatic rings. The van der Waals surface area contributed by atoms with Crippen LogP contribution in [0.1, 0.15) is 26.7 Å². The zero-order valence-electron chi connectivity index (χ0n) is 11.1. The van der Waals surface area contributed by atoms with Gasteiger partial charge in [0.15, 0.2) is 5.76 Å². The number of nitrogens with one attached hydrogen (secondary N) is 1. The SMILES string of the molecule is CC(C)(C)NCc1ncc(-c2cc(F)ccc2F)o1. The van der Waals surface area contributed by atoms with Crippen molar-refractivity contribution in [3.8, 4) is 11.3 Å². The monoisotopic (exact) mass is 266 g/mol. The number of rotatable bonds is 3. The summed E-state index contributed by atoms with van der Waals surface area (Å²) in [5, 5.41) is 3.20. The second kappa shape index (κ2) is 5.09. The molecule has 0 aliphatic rings. The molecule has 1 N–H and O–H groups in total. The second-order valence-corrected chi connectivity index (χ2v) is 5.35. The van der Waals surface area contributed by atoms with Gasteiger partial charge in [0.2, 0.25) is 5.89 Å². The lowest BCUT2D eigenvalue weighted by molar-refractivity contribution is 0.383. The average molecular weight is 266 g/mol. The van der Waals surface area contributed by atoms with Gasteiger partial charge in [0, 0.05) is 5.54 Å². The summed E-state index contributed by atoms with van der Waals surface area (Å²) in [6.07, 6.45) is 1.40. The molecule has 3 nitrogen and oxygen atoms in total. The molecule has 1 heterocycles. The quantitative estimate of drug-likeness (QED) is 0.923. The van der Waals surface area contributed by atoms with E-state index in [4.69, 9.17) is 4.42 Å². The van der Waals surface area contributed by atoms with Crippen LogP contribution in [0.2, 0.25) is 0 Å². The van der Waals surface area contributed by atoms with E-state index in [1.807, 2.05) is 20.8 Å². The first-order valence-corrected chi connectivity index (χ1v) is 6.00. The van der Waals surface area contributed by atoms with Gasteiger partial charge in [0.25, 0.3) is 0 Å². The third-order valence-corrected chi connectivity index (χ3v) is 2.52. The van der Waals surface area contributed by atoms with Crippen molar-refractivity contribution in [1.29, 1.82) is 0 Å². The maximum atomic E-state index is 13.6. The average Bonchev–Trinajstić information content (AvgIpc) is 2.77. The van der Waals surface area contributed by atoms with E-state index < -0.39 is 11.6 Å². The van der Waals surface area contributed by atoms with Crippen molar-refractivity contribution >= 4 is 0 Å². The summed E-state index contributed by atoms with van der Waals surface area (Å²) in [4.78, 5) is 4.05. The fraction of sp³-hybridized carbons (Fsp3) is 0.357. The Balaban J connectivity index is 2.19. The molecule has 0 bridgehead atoms. The van der Waals surface area contributed by atoms with E-state index in [-0.39, 0.29) is 16.9 Å². The molecular formula is C14H16F2N2O. The fourth-order valence-electron chi connectivity index (χ4n) is 1.54. The van der Waals surface area contributed by atoms with E-state index in [0.29, 0.717) is 12.4 Å². The van der Waals surface area contributed by atoms with E-state index >= 15 is 0 Å². The Labute approximate surface area is 110 Å². The number of nitrogens with zero attached hydrogens (tertiary/aromatic N) is 1. The number of hydrogen-bond donors (Lipinski definition) is 1. The van der Waals surface area contributed by atoms with Crippen molar-refractivity contribution < 1.29 is 13.2 Å². The van der Waals surface area contributed by atoms with Crippen LogP contribution < -0.4 is 5.32 Å². The summed E-state index contributed by atoms with van der Waals surface area (Å²) in [6.45, 7) is 6.48. The summed E-state index contributed by atoms with van der Waals surface area (Å²) in [5.74, 6) is -0.383. The molecule has 1 aromatic heterocycles. The molecule has 1 aromatic carbocycles. The minimum atomic E-state index is -0.534. The van der Waals surface area contributed by atoms with Crippen LogP contribution in [0, 0.1) is 11.6 Å². The standard InChI is InChI=1S/C14H16F2N2O/c1-14(2,3)18-8-13-17-7-12(19-13)10-6-9(15)4-5-11(10)16/h4-7,18H,8H2,1-3H3. The molecule has 0 radical (unpaired) electrons. The van der Waals surface area contributed by atoms with Gasteiger partial charge < -0.3 is 9.73 Å². The van der Waals surface area contributed by atoms with Crippen molar-refractivity contribution in [2.24, 2.45) is 0 Å². The predicted molar refractivity (Wildman–Crippen MR) is 68.4 cm³/mol. The first-order valence-electron chi connectivity index (χ1n) is 6.00. The molecule has 0 aliphatic carbocycles. The fourth-order valence-corrected chi connectivity index (χ4v) is 1.54. The summed E-state index contributed by atoms with van der Waals surface area (Å²) >= 11 is 0. The maximum Gasteiger partial charge on any atom is 0.208 e. The summed E-state index contributed by atoms with van der Waals surface area (Å²) in [6, 6.07) is 3.23. The number of aromatic nitrogens is 1. The molecule has 0 spiro atoms. The predicted octanol–water partition coefficient (Wildman–Crippen LogP) is 3.51. The van der Waals surface area contributed by atoms with E-state index in [2.05, 4.69) is 10.3 Å². The first-order chi connectivity index (χ1) is 8.85. The van der Waals surface area contributed by atoms with Crippen LogP contribution in [-0.4, -0.2) is 10.5 Å². The number of hydrogen-bond acceptors (Lipinski definition) is 3. The summed E-state index contributed by atoms with van der Waals surface area (Å²) < 4.78 is 32.1. The molecule has 2 rings (SSSR count). The van der Waals surface area contributed by atoms with Crippen LogP contribution >= 0.6 is 0 Å². The van der Waals surface area contributed by atoms with E-state index in [0.717, 1.165) is 18.2 Å². The van der Waals surface area contributed by atoms with E-state index in [1.165, 1.54) is 6.20 Å². The smallest absolute Gasteiger partial charge is 0.208 e. The number of halogens is 2. The van der Waals surface area contributed by atoms with Crippen LogP contribution in [0.4, 0.5) is 8.78 Å². The third-order valence-electron chi connectivity index (χ3n) is 2.52. The lowest BCUT2D eigenvalue weighted by atomic mass is 10.1. The molecule has 0 atom stereocenters. The van der Waals surface area contributed by atoms with Gasteiger partial charge in [-0.15, -0.1) is 0 Å². The first kappa shape index (κ1) is 13.7. The summed E-state index contributed by atoms with van der Waals surface area (Å²) in [5.41, 5.74) is 0.00755. The molecule has 0 saturated heterocycles. The second-order valence-electron chi connectivity index (χ2n) is 5.35. The third kappa shape index (κ3) is 3.61. The molecule has 19 heavy (non-hydrogen) atoms. The van der Waals surface area contributed by atoms with Crippen LogP contribution in [-0.2, 0) is 6.54 Å². The van der Waals surface area contributed by atoms with Crippen molar-refractivity contribution in [2.75, 3.05) is 0 Å². The van der Waals surface area contributed by atoms with Gasteiger partial charge in [0.1, 0.15) is 11.6 Å². The lowest BCUT2D eigenvalue weighted by Gasteiger charge is -2.18. The van der Waals surface area contributed by atoms with Gasteiger partial charge in [-0.1, -0.05) is 0 Å². The Morgan fingerprint density at radius 2 is 2.00 bits per heavy atom. The van der Waals surface area contributed by atoms with Crippen molar-refractivity contribution in [1.82, 2.24) is 10.3 Å². The van der Waals surface area contributed by atoms with E-state index in [1.54, 1.807) is 0 Å². The summed E-state index contributed by atoms with van der Waals surface area (Å²) in [7, 11) is 0. The molecule has 5 heteroatoms. The van der Waals surface area contributed by atoms with Crippen LogP contribution in [0.15, 0.2) is 28.8 Å². The Morgan fingerprint density at radius 3 is 2.68 bits per heavy atom. The Kier molecular flexibility index (Phi) is 3.66. The number of oxazole rings is 1. The minimum Gasteiger partial charge on any atom is -0.439 e. The Hall–Kier alpha value is -1.75. The molecule has 0 aliphatic heterocycles. The topological polar surface area (TPSA) is 38.1 Å². The molecule has 0 fully saturated rings. The highest BCUT2D eigenvalue weighted by atomic mass is 19.1. The lowest BCUT2D eigenvalue weighted by Crippen LogP contribution is -2.35. The molecule has 0 amide bonds. The van der Waals surface area contributed by atoms with Crippen LogP contribution in [0.25, 0.3) is 11.3 Å². The van der Waals surface area contributed by atoms with Gasteiger partial charge in [-0.25, -0.2) is 13.8 Å². The van der Waals surface area contributed by atoms with Gasteiger partial charge >= 0.3 is 0 Å². The zero-order valence-corrected chi connectivity index (χ0v) is 11.1. The number of benzene rings is 1. The van der Waals surface area contributed by atoms with Crippen molar-refractivity contribution in [3.05, 3.63) is 41.9 Å². The zero-order chi connectivity index (χ0) is 14.0. The highest BCUT2D eigenvalue weighted by Crippen LogP contribution is 2.24. The van der Waals surface area contributed by atoms with Gasteiger partial charge in [-0.2, -0.15) is 0 Å². The Bertz CT molecular complexity index is 573. The minimum absolute atomic E-state index is 0.0707. The normalized spacial score (nSPS) is 11.8. The van der Waals surface area contributed by atoms with Gasteiger partial charge in [-0.05, 0) is 39.0 Å². The van der Waals surface area contributed by atoms with Crippen molar-refractivity contribution in [3.63, 3.8) is 0 Å². The van der Waals surface area contributed by atoms with Gasteiger partial charge in [-0.3, -0.25) is 0 Å². The van der Waals surface area contributed by atoms with Crippen LogP contribution in [0.5, 0.6) is 0 Å². The molecular weight excluding hydrogens is 250 g/mol. The Morgan fingerprint density at radius 1 is 1.26 bits per heavy atom. The molecule has 0 saturated carbocycles. The van der Waals surface area contributed by atoms with Crippen molar-refractivity contribution in [2.45, 2.75) is 32.9 Å². The molecule has 0 unspecified atom stereocenters. The van der Waals surface area contributed by atoms with E-state index in [9.17, 15) is 8.78 Å².